The van der Waals surface area contributed by atoms with Crippen molar-refractivity contribution >= 4 is 16.8 Å². The summed E-state index contributed by atoms with van der Waals surface area (Å²) < 4.78 is 11.0. The maximum Gasteiger partial charge on any atom is 0.227 e. The molecular weight excluding hydrogens is 240 g/mol. The molecule has 0 spiro atoms. The summed E-state index contributed by atoms with van der Waals surface area (Å²) in [5.41, 5.74) is 3.52. The Morgan fingerprint density at radius 1 is 1.16 bits per heavy atom. The first kappa shape index (κ1) is 11.6. The molecule has 0 amide bonds. The van der Waals surface area contributed by atoms with E-state index in [1.54, 1.807) is 7.11 Å². The van der Waals surface area contributed by atoms with Crippen LogP contribution in [0.5, 0.6) is 5.75 Å². The number of nitrogens with one attached hydrogen (secondary N) is 1. The molecule has 0 saturated heterocycles. The second-order valence-corrected chi connectivity index (χ2v) is 4.18. The van der Waals surface area contributed by atoms with Crippen LogP contribution in [0.15, 0.2) is 46.9 Å². The second kappa shape index (κ2) is 4.65. The predicted octanol–water partition coefficient (Wildman–Crippen LogP) is 3.55. The van der Waals surface area contributed by atoms with Gasteiger partial charge < -0.3 is 14.5 Å². The van der Waals surface area contributed by atoms with Crippen molar-refractivity contribution in [3.8, 4) is 17.2 Å². The van der Waals surface area contributed by atoms with Gasteiger partial charge in [0.25, 0.3) is 0 Å². The minimum atomic E-state index is 0.599. The van der Waals surface area contributed by atoms with Crippen molar-refractivity contribution in [1.82, 2.24) is 4.98 Å². The lowest BCUT2D eigenvalue weighted by atomic mass is 10.2. The molecule has 19 heavy (non-hydrogen) atoms. The highest BCUT2D eigenvalue weighted by Gasteiger charge is 2.09. The molecule has 0 aliphatic rings. The van der Waals surface area contributed by atoms with Gasteiger partial charge >= 0.3 is 0 Å². The molecule has 0 aliphatic carbocycles. The van der Waals surface area contributed by atoms with Gasteiger partial charge in [-0.25, -0.2) is 4.98 Å². The molecule has 2 aromatic carbocycles. The number of nitrogens with zero attached hydrogens (tertiary/aromatic N) is 1. The van der Waals surface area contributed by atoms with Crippen LogP contribution in [0.1, 0.15) is 0 Å². The zero-order chi connectivity index (χ0) is 13.2. The predicted molar refractivity (Wildman–Crippen MR) is 75.5 cm³/mol. The van der Waals surface area contributed by atoms with Gasteiger partial charge in [0.15, 0.2) is 5.58 Å². The Labute approximate surface area is 111 Å². The number of rotatable bonds is 3. The van der Waals surface area contributed by atoms with E-state index < -0.39 is 0 Å². The van der Waals surface area contributed by atoms with Crippen molar-refractivity contribution in [3.05, 3.63) is 42.5 Å². The van der Waals surface area contributed by atoms with Gasteiger partial charge in [-0.15, -0.1) is 0 Å². The highest BCUT2D eigenvalue weighted by atomic mass is 16.5. The molecule has 1 N–H and O–H groups in total. The van der Waals surface area contributed by atoms with E-state index in [1.165, 1.54) is 0 Å². The number of aromatic nitrogens is 1. The minimum absolute atomic E-state index is 0.599. The van der Waals surface area contributed by atoms with E-state index in [1.807, 2.05) is 49.5 Å². The molecule has 0 aliphatic heterocycles. The van der Waals surface area contributed by atoms with Gasteiger partial charge in [0.2, 0.25) is 5.89 Å². The Morgan fingerprint density at radius 2 is 2.05 bits per heavy atom. The van der Waals surface area contributed by atoms with Crippen LogP contribution in [0.25, 0.3) is 22.6 Å². The van der Waals surface area contributed by atoms with Crippen molar-refractivity contribution in [2.45, 2.75) is 0 Å². The lowest BCUT2D eigenvalue weighted by molar-refractivity contribution is 0.415. The summed E-state index contributed by atoms with van der Waals surface area (Å²) in [5.74, 6) is 1.39. The summed E-state index contributed by atoms with van der Waals surface area (Å²) in [6, 6.07) is 13.5. The first-order valence-electron chi connectivity index (χ1n) is 6.03. The van der Waals surface area contributed by atoms with E-state index in [2.05, 4.69) is 10.3 Å². The lowest BCUT2D eigenvalue weighted by Gasteiger charge is -2.00. The monoisotopic (exact) mass is 254 g/mol. The maximum absolute atomic E-state index is 5.79. The number of fused-ring (bicyclic) bond motifs is 1. The molecule has 0 radical (unpaired) electrons. The van der Waals surface area contributed by atoms with Gasteiger partial charge in [-0.1, -0.05) is 6.07 Å². The Balaban J connectivity index is 2.09. The molecule has 3 aromatic rings. The van der Waals surface area contributed by atoms with Crippen LogP contribution in [0.4, 0.5) is 5.69 Å². The minimum Gasteiger partial charge on any atom is -0.497 e. The van der Waals surface area contributed by atoms with Gasteiger partial charge in [0.1, 0.15) is 11.3 Å². The highest BCUT2D eigenvalue weighted by Crippen LogP contribution is 2.28. The van der Waals surface area contributed by atoms with E-state index >= 15 is 0 Å². The molecule has 0 atom stereocenters. The number of ether oxygens (including phenoxy) is 1. The molecule has 4 nitrogen and oxygen atoms in total. The zero-order valence-corrected chi connectivity index (χ0v) is 10.8. The standard InChI is InChI=1S/C15H14N2O2/c1-16-11-6-7-13-14(9-11)19-15(17-13)10-4-3-5-12(8-10)18-2/h3-9,16H,1-2H3. The van der Waals surface area contributed by atoms with Gasteiger partial charge in [-0.05, 0) is 30.3 Å². The lowest BCUT2D eigenvalue weighted by Crippen LogP contribution is -1.85. The third-order valence-electron chi connectivity index (χ3n) is 2.99. The number of hydrogen-bond acceptors (Lipinski definition) is 4. The molecule has 4 heteroatoms. The molecule has 96 valence electrons. The summed E-state index contributed by atoms with van der Waals surface area (Å²) in [5, 5.41) is 3.08. The van der Waals surface area contributed by atoms with Gasteiger partial charge in [0, 0.05) is 24.4 Å². The second-order valence-electron chi connectivity index (χ2n) is 4.18. The highest BCUT2D eigenvalue weighted by molar-refractivity contribution is 5.80. The average Bonchev–Trinajstić information content (AvgIpc) is 2.90. The number of benzene rings is 2. The first-order chi connectivity index (χ1) is 9.30. The number of oxazole rings is 1. The van der Waals surface area contributed by atoms with Crippen LogP contribution < -0.4 is 10.1 Å². The summed E-state index contributed by atoms with van der Waals surface area (Å²) in [6.45, 7) is 0. The van der Waals surface area contributed by atoms with Crippen molar-refractivity contribution in [1.29, 1.82) is 0 Å². The van der Waals surface area contributed by atoms with Crippen molar-refractivity contribution < 1.29 is 9.15 Å². The van der Waals surface area contributed by atoms with Gasteiger partial charge in [-0.2, -0.15) is 0 Å². The molecule has 1 heterocycles. The van der Waals surface area contributed by atoms with E-state index in [4.69, 9.17) is 9.15 Å². The first-order valence-corrected chi connectivity index (χ1v) is 6.03. The molecule has 0 saturated carbocycles. The van der Waals surface area contributed by atoms with Crippen LogP contribution in [0, 0.1) is 0 Å². The van der Waals surface area contributed by atoms with E-state index in [9.17, 15) is 0 Å². The zero-order valence-electron chi connectivity index (χ0n) is 10.8. The summed E-state index contributed by atoms with van der Waals surface area (Å²) in [4.78, 5) is 4.48. The fraction of sp³-hybridized carbons (Fsp3) is 0.133. The molecule has 0 fully saturated rings. The quantitative estimate of drug-likeness (QED) is 0.776. The van der Waals surface area contributed by atoms with E-state index in [0.29, 0.717) is 5.89 Å². The Morgan fingerprint density at radius 3 is 2.84 bits per heavy atom. The molecule has 1 aromatic heterocycles. The van der Waals surface area contributed by atoms with Crippen LogP contribution in [-0.2, 0) is 0 Å². The maximum atomic E-state index is 5.79. The third-order valence-corrected chi connectivity index (χ3v) is 2.99. The van der Waals surface area contributed by atoms with Crippen LogP contribution in [0.3, 0.4) is 0 Å². The third kappa shape index (κ3) is 2.12. The van der Waals surface area contributed by atoms with Crippen molar-refractivity contribution in [3.63, 3.8) is 0 Å². The Bertz CT molecular complexity index is 719. The average molecular weight is 254 g/mol. The Hall–Kier alpha value is -2.49. The smallest absolute Gasteiger partial charge is 0.227 e. The van der Waals surface area contributed by atoms with Crippen LogP contribution >= 0.6 is 0 Å². The topological polar surface area (TPSA) is 47.3 Å². The van der Waals surface area contributed by atoms with Gasteiger partial charge in [0.05, 0.1) is 7.11 Å². The number of methoxy groups -OCH3 is 1. The fourth-order valence-electron chi connectivity index (χ4n) is 1.96. The molecule has 0 unspecified atom stereocenters. The molecule has 3 rings (SSSR count). The summed E-state index contributed by atoms with van der Waals surface area (Å²) in [6.07, 6.45) is 0. The molecular formula is C15H14N2O2. The van der Waals surface area contributed by atoms with E-state index in [0.717, 1.165) is 28.1 Å². The normalized spacial score (nSPS) is 10.6. The van der Waals surface area contributed by atoms with Crippen molar-refractivity contribution in [2.75, 3.05) is 19.5 Å². The summed E-state index contributed by atoms with van der Waals surface area (Å²) >= 11 is 0. The molecule has 0 bridgehead atoms. The fourth-order valence-corrected chi connectivity index (χ4v) is 1.96. The van der Waals surface area contributed by atoms with Crippen molar-refractivity contribution in [2.24, 2.45) is 0 Å². The van der Waals surface area contributed by atoms with E-state index in [-0.39, 0.29) is 0 Å². The van der Waals surface area contributed by atoms with Crippen LogP contribution in [0.2, 0.25) is 0 Å². The number of hydrogen-bond donors (Lipinski definition) is 1. The largest absolute Gasteiger partial charge is 0.497 e. The number of anilines is 1. The summed E-state index contributed by atoms with van der Waals surface area (Å²) in [7, 11) is 3.52. The van der Waals surface area contributed by atoms with Crippen LogP contribution in [-0.4, -0.2) is 19.1 Å². The van der Waals surface area contributed by atoms with Gasteiger partial charge in [-0.3, -0.25) is 0 Å². The SMILES string of the molecule is CNc1ccc2nc(-c3cccc(OC)c3)oc2c1. The Kier molecular flexibility index (Phi) is 2.83.